The highest BCUT2D eigenvalue weighted by atomic mass is 79.9. The zero-order valence-electron chi connectivity index (χ0n) is 18.8. The average Bonchev–Trinajstić information content (AvgIpc) is 3.39. The van der Waals surface area contributed by atoms with Gasteiger partial charge in [0.2, 0.25) is 11.8 Å². The number of benzene rings is 1. The molecule has 12 heteroatoms. The van der Waals surface area contributed by atoms with Crippen molar-refractivity contribution in [1.82, 2.24) is 24.4 Å². The topological polar surface area (TPSA) is 156 Å². The number of carboxylic acid groups (broad SMARTS) is 1. The van der Waals surface area contributed by atoms with Crippen LogP contribution in [0.15, 0.2) is 47.3 Å². The first kappa shape index (κ1) is 22.4. The van der Waals surface area contributed by atoms with E-state index < -0.39 is 12.0 Å². The Balaban J connectivity index is 1.35. The number of carboxylic acids is 1. The third-order valence-electron chi connectivity index (χ3n) is 6.87. The molecule has 182 valence electrons. The normalized spacial score (nSPS) is 20.5. The maximum Gasteiger partial charge on any atom is 0.335 e. The van der Waals surface area contributed by atoms with Crippen LogP contribution in [-0.2, 0) is 16.1 Å². The number of likely N-dealkylation sites (tertiary alicyclic amines) is 1. The molecule has 11 nitrogen and oxygen atoms in total. The van der Waals surface area contributed by atoms with Crippen LogP contribution in [0, 0.1) is 5.92 Å². The van der Waals surface area contributed by atoms with Crippen molar-refractivity contribution < 1.29 is 19.5 Å². The van der Waals surface area contributed by atoms with Crippen molar-refractivity contribution in [3.63, 3.8) is 0 Å². The molecule has 4 aromatic rings. The van der Waals surface area contributed by atoms with Crippen molar-refractivity contribution in [2.75, 3.05) is 11.1 Å². The summed E-state index contributed by atoms with van der Waals surface area (Å²) in [5.41, 5.74) is 7.14. The van der Waals surface area contributed by atoms with Gasteiger partial charge in [0.1, 0.15) is 40.8 Å². The number of nitrogens with one attached hydrogen (secondary N) is 1. The molecule has 0 radical (unpaired) electrons. The number of rotatable bonds is 5. The van der Waals surface area contributed by atoms with E-state index in [0.29, 0.717) is 38.8 Å². The van der Waals surface area contributed by atoms with Crippen LogP contribution in [0.1, 0.15) is 23.2 Å². The Hall–Kier alpha value is -4.06. The van der Waals surface area contributed by atoms with Gasteiger partial charge >= 0.3 is 5.97 Å². The van der Waals surface area contributed by atoms with Gasteiger partial charge in [0.05, 0.1) is 16.5 Å². The Kier molecular flexibility index (Phi) is 5.14. The fraction of sp³-hybridized carbons (Fsp3) is 0.250. The molecule has 2 aliphatic rings. The number of halogens is 1. The molecule has 3 aromatic heterocycles. The quantitative estimate of drug-likeness (QED) is 0.320. The summed E-state index contributed by atoms with van der Waals surface area (Å²) in [6.07, 6.45) is 2.75. The van der Waals surface area contributed by atoms with Crippen molar-refractivity contribution >= 4 is 67.3 Å². The lowest BCUT2D eigenvalue weighted by Gasteiger charge is -2.27. The molecule has 0 bridgehead atoms. The van der Waals surface area contributed by atoms with Gasteiger partial charge in [-0.3, -0.25) is 9.59 Å². The van der Waals surface area contributed by atoms with E-state index in [0.717, 1.165) is 6.42 Å². The molecule has 1 saturated heterocycles. The summed E-state index contributed by atoms with van der Waals surface area (Å²) in [5.74, 6) is -0.700. The highest BCUT2D eigenvalue weighted by molar-refractivity contribution is 9.10. The lowest BCUT2D eigenvalue weighted by Crippen LogP contribution is -2.46. The predicted molar refractivity (Wildman–Crippen MR) is 134 cm³/mol. The molecule has 1 saturated carbocycles. The summed E-state index contributed by atoms with van der Waals surface area (Å²) in [5, 5.41) is 13.5. The van der Waals surface area contributed by atoms with Gasteiger partial charge < -0.3 is 25.6 Å². The molecular weight excluding hydrogens is 530 g/mol. The second-order valence-corrected chi connectivity index (χ2v) is 9.84. The summed E-state index contributed by atoms with van der Waals surface area (Å²) >= 11 is 3.29. The molecule has 6 rings (SSSR count). The first-order valence-corrected chi connectivity index (χ1v) is 12.1. The number of carbonyl (C=O) groups is 3. The first-order chi connectivity index (χ1) is 17.3. The second kappa shape index (κ2) is 8.26. The van der Waals surface area contributed by atoms with Gasteiger partial charge in [0, 0.05) is 11.4 Å². The number of amides is 2. The number of carbonyl (C=O) groups excluding carboxylic acids is 2. The van der Waals surface area contributed by atoms with Gasteiger partial charge in [-0.1, -0.05) is 12.1 Å². The lowest BCUT2D eigenvalue weighted by molar-refractivity contribution is -0.138. The first-order valence-electron chi connectivity index (χ1n) is 11.3. The number of pyridine rings is 1. The highest BCUT2D eigenvalue weighted by Crippen LogP contribution is 2.48. The molecular formula is C24H20BrN7O4. The Bertz CT molecular complexity index is 1590. The Morgan fingerprint density at radius 1 is 1.17 bits per heavy atom. The maximum atomic E-state index is 13.7. The zero-order valence-corrected chi connectivity index (χ0v) is 20.3. The highest BCUT2D eigenvalue weighted by Gasteiger charge is 2.56. The fourth-order valence-corrected chi connectivity index (χ4v) is 5.52. The summed E-state index contributed by atoms with van der Waals surface area (Å²) < 4.78 is 2.24. The molecule has 1 aliphatic carbocycles. The Morgan fingerprint density at radius 2 is 2.00 bits per heavy atom. The van der Waals surface area contributed by atoms with E-state index in [9.17, 15) is 19.5 Å². The number of nitrogen functional groups attached to an aromatic ring is 1. The van der Waals surface area contributed by atoms with Crippen LogP contribution < -0.4 is 11.1 Å². The van der Waals surface area contributed by atoms with Gasteiger partial charge in [-0.2, -0.15) is 0 Å². The van der Waals surface area contributed by atoms with Crippen LogP contribution in [0.25, 0.3) is 21.9 Å². The van der Waals surface area contributed by atoms with E-state index >= 15 is 0 Å². The second-order valence-electron chi connectivity index (χ2n) is 9.03. The third kappa shape index (κ3) is 3.65. The smallest absolute Gasteiger partial charge is 0.335 e. The summed E-state index contributed by atoms with van der Waals surface area (Å²) in [6.45, 7) is -0.123. The summed E-state index contributed by atoms with van der Waals surface area (Å²) in [4.78, 5) is 52.7. The largest absolute Gasteiger partial charge is 0.478 e. The summed E-state index contributed by atoms with van der Waals surface area (Å²) in [6, 6.07) is 9.22. The van der Waals surface area contributed by atoms with E-state index in [1.807, 2.05) is 0 Å². The molecule has 1 aromatic carbocycles. The number of hydrogen-bond acceptors (Lipinski definition) is 7. The van der Waals surface area contributed by atoms with Crippen LogP contribution in [0.2, 0.25) is 0 Å². The molecule has 4 heterocycles. The summed E-state index contributed by atoms with van der Waals surface area (Å²) in [7, 11) is 0. The van der Waals surface area contributed by atoms with Crippen molar-refractivity contribution in [3.8, 4) is 0 Å². The molecule has 3 atom stereocenters. The number of anilines is 2. The molecule has 1 aliphatic heterocycles. The lowest BCUT2D eigenvalue weighted by atomic mass is 10.1. The fourth-order valence-electron chi connectivity index (χ4n) is 5.18. The van der Waals surface area contributed by atoms with Gasteiger partial charge in [-0.05, 0) is 59.0 Å². The molecule has 1 unspecified atom stereocenters. The molecule has 36 heavy (non-hydrogen) atoms. The number of aromatic nitrogens is 4. The minimum atomic E-state index is -1.09. The van der Waals surface area contributed by atoms with E-state index in [2.05, 4.69) is 36.2 Å². The number of piperidine rings is 1. The molecule has 4 N–H and O–H groups in total. The minimum Gasteiger partial charge on any atom is -0.478 e. The van der Waals surface area contributed by atoms with Crippen LogP contribution in [-0.4, -0.2) is 59.4 Å². The third-order valence-corrected chi connectivity index (χ3v) is 7.31. The predicted octanol–water partition coefficient (Wildman–Crippen LogP) is 2.65. The van der Waals surface area contributed by atoms with E-state index in [4.69, 9.17) is 5.73 Å². The molecule has 2 amide bonds. The van der Waals surface area contributed by atoms with E-state index in [-0.39, 0.29) is 41.7 Å². The number of nitrogens with two attached hydrogens (primary N) is 1. The van der Waals surface area contributed by atoms with Crippen molar-refractivity contribution in [1.29, 1.82) is 0 Å². The standard InChI is InChI=1S/C24H20BrN7O4/c25-17-2-1-3-18(29-17)30-23(34)16-8-12-7-14(12)32(16)19(33)9-31-15-6-11(24(35)36)4-5-13(15)20-21(26)27-10-28-22(20)31/h1-6,10,12,14,16H,7-9H2,(H,35,36)(H2,26,27,28)(H,29,30,34)/t12?,14-,16+/m1/s1. The van der Waals surface area contributed by atoms with Gasteiger partial charge in [-0.15, -0.1) is 0 Å². The molecule has 2 fully saturated rings. The Morgan fingerprint density at radius 3 is 2.78 bits per heavy atom. The average molecular weight is 550 g/mol. The van der Waals surface area contributed by atoms with E-state index in [1.165, 1.54) is 18.5 Å². The number of fused-ring (bicyclic) bond motifs is 4. The van der Waals surface area contributed by atoms with Gasteiger partial charge in [-0.25, -0.2) is 19.7 Å². The SMILES string of the molecule is Nc1ncnc2c1c1ccc(C(=O)O)cc1n2CC(=O)N1[C@@H]2CC2C[C@H]1C(=O)Nc1cccc(Br)n1. The Labute approximate surface area is 212 Å². The van der Waals surface area contributed by atoms with Crippen LogP contribution in [0.4, 0.5) is 11.6 Å². The number of nitrogens with zero attached hydrogens (tertiary/aromatic N) is 5. The molecule has 0 spiro atoms. The van der Waals surface area contributed by atoms with Crippen LogP contribution in [0.5, 0.6) is 0 Å². The minimum absolute atomic E-state index is 0.00563. The maximum absolute atomic E-state index is 13.7. The van der Waals surface area contributed by atoms with Crippen LogP contribution in [0.3, 0.4) is 0 Å². The van der Waals surface area contributed by atoms with Crippen molar-refractivity contribution in [2.45, 2.75) is 31.5 Å². The van der Waals surface area contributed by atoms with Crippen molar-refractivity contribution in [2.24, 2.45) is 5.92 Å². The van der Waals surface area contributed by atoms with Crippen molar-refractivity contribution in [3.05, 3.63) is 52.9 Å². The number of hydrogen-bond donors (Lipinski definition) is 3. The number of aromatic carboxylic acids is 1. The van der Waals surface area contributed by atoms with E-state index in [1.54, 1.807) is 33.7 Å². The van der Waals surface area contributed by atoms with Crippen LogP contribution >= 0.6 is 15.9 Å². The zero-order chi connectivity index (χ0) is 25.1. The van der Waals surface area contributed by atoms with Gasteiger partial charge in [0.15, 0.2) is 0 Å². The monoisotopic (exact) mass is 549 g/mol. The van der Waals surface area contributed by atoms with Gasteiger partial charge in [0.25, 0.3) is 0 Å².